The number of aryl methyl sites for hydroxylation is 2. The van der Waals surface area contributed by atoms with Crippen molar-refractivity contribution in [3.05, 3.63) is 57.6 Å². The Morgan fingerprint density at radius 2 is 1.86 bits per heavy atom. The van der Waals surface area contributed by atoms with Gasteiger partial charge in [-0.05, 0) is 41.2 Å². The summed E-state index contributed by atoms with van der Waals surface area (Å²) in [6, 6.07) is 11.2. The van der Waals surface area contributed by atoms with Crippen molar-refractivity contribution in [1.29, 1.82) is 0 Å². The molecule has 0 radical (unpaired) electrons. The number of amides is 1. The molecule has 2 aromatic carbocycles. The molecule has 1 N–H and O–H groups in total. The van der Waals surface area contributed by atoms with Gasteiger partial charge in [0, 0.05) is 13.0 Å². The van der Waals surface area contributed by atoms with Crippen molar-refractivity contribution in [2.45, 2.75) is 19.8 Å². The standard InChI is InChI=1S/C16H14N2O3/c1-10(19)17-15-8-12-7-6-11-4-2-3-5-13(11)14(12)9-16(15)18(20)21/h2-5,8-9H,6-7H2,1H3,(H,17,19). The molecule has 2 aromatic rings. The highest BCUT2D eigenvalue weighted by Crippen LogP contribution is 2.39. The van der Waals surface area contributed by atoms with Gasteiger partial charge in [-0.2, -0.15) is 0 Å². The summed E-state index contributed by atoms with van der Waals surface area (Å²) in [7, 11) is 0. The van der Waals surface area contributed by atoms with E-state index >= 15 is 0 Å². The monoisotopic (exact) mass is 282 g/mol. The largest absolute Gasteiger partial charge is 0.321 e. The van der Waals surface area contributed by atoms with E-state index in [1.165, 1.54) is 12.5 Å². The highest BCUT2D eigenvalue weighted by Gasteiger charge is 2.23. The molecule has 5 nitrogen and oxygen atoms in total. The summed E-state index contributed by atoms with van der Waals surface area (Å²) in [6.45, 7) is 1.35. The van der Waals surface area contributed by atoms with E-state index in [1.807, 2.05) is 24.3 Å². The van der Waals surface area contributed by atoms with E-state index < -0.39 is 4.92 Å². The lowest BCUT2D eigenvalue weighted by molar-refractivity contribution is -0.383. The maximum absolute atomic E-state index is 11.3. The summed E-state index contributed by atoms with van der Waals surface area (Å²) in [5, 5.41) is 13.8. The zero-order valence-corrected chi connectivity index (χ0v) is 11.6. The molecule has 1 aliphatic rings. The molecule has 21 heavy (non-hydrogen) atoms. The fourth-order valence-corrected chi connectivity index (χ4v) is 2.80. The first-order valence-corrected chi connectivity index (χ1v) is 6.73. The van der Waals surface area contributed by atoms with Gasteiger partial charge in [-0.1, -0.05) is 24.3 Å². The van der Waals surface area contributed by atoms with Gasteiger partial charge < -0.3 is 5.32 Å². The van der Waals surface area contributed by atoms with Gasteiger partial charge in [0.25, 0.3) is 5.69 Å². The average molecular weight is 282 g/mol. The number of hydrogen-bond donors (Lipinski definition) is 1. The minimum atomic E-state index is -0.456. The number of nitro groups is 1. The molecule has 0 unspecified atom stereocenters. The van der Waals surface area contributed by atoms with E-state index in [0.29, 0.717) is 0 Å². The van der Waals surface area contributed by atoms with Crippen molar-refractivity contribution in [2.24, 2.45) is 0 Å². The molecule has 106 valence electrons. The van der Waals surface area contributed by atoms with Crippen molar-refractivity contribution in [3.8, 4) is 11.1 Å². The molecule has 0 bridgehead atoms. The minimum Gasteiger partial charge on any atom is -0.321 e. The summed E-state index contributed by atoms with van der Waals surface area (Å²) in [5.74, 6) is -0.311. The lowest BCUT2D eigenvalue weighted by Crippen LogP contribution is -2.11. The lowest BCUT2D eigenvalue weighted by atomic mass is 9.85. The number of rotatable bonds is 2. The van der Waals surface area contributed by atoms with Crippen molar-refractivity contribution in [1.82, 2.24) is 0 Å². The highest BCUT2D eigenvalue weighted by molar-refractivity contribution is 5.93. The first kappa shape index (κ1) is 13.3. The quantitative estimate of drug-likeness (QED) is 0.678. The molecule has 0 aromatic heterocycles. The smallest absolute Gasteiger partial charge is 0.293 e. The van der Waals surface area contributed by atoms with E-state index in [2.05, 4.69) is 5.32 Å². The molecule has 0 heterocycles. The second kappa shape index (κ2) is 5.01. The highest BCUT2D eigenvalue weighted by atomic mass is 16.6. The number of carbonyl (C=O) groups is 1. The third-order valence-electron chi connectivity index (χ3n) is 3.70. The molecule has 3 rings (SSSR count). The van der Waals surface area contributed by atoms with Crippen molar-refractivity contribution in [3.63, 3.8) is 0 Å². The number of anilines is 1. The van der Waals surface area contributed by atoms with E-state index in [0.717, 1.165) is 29.5 Å². The maximum Gasteiger partial charge on any atom is 0.293 e. The second-order valence-electron chi connectivity index (χ2n) is 5.12. The molecule has 0 aliphatic heterocycles. The summed E-state index contributed by atoms with van der Waals surface area (Å²) >= 11 is 0. The van der Waals surface area contributed by atoms with Gasteiger partial charge in [0.15, 0.2) is 0 Å². The number of nitrogens with zero attached hydrogens (tertiary/aromatic N) is 1. The summed E-state index contributed by atoms with van der Waals surface area (Å²) in [4.78, 5) is 22.0. The Morgan fingerprint density at radius 1 is 1.14 bits per heavy atom. The fourth-order valence-electron chi connectivity index (χ4n) is 2.80. The van der Waals surface area contributed by atoms with E-state index in [1.54, 1.807) is 12.1 Å². The molecule has 5 heteroatoms. The lowest BCUT2D eigenvalue weighted by Gasteiger charge is -2.20. The molecular formula is C16H14N2O3. The second-order valence-corrected chi connectivity index (χ2v) is 5.12. The van der Waals surface area contributed by atoms with E-state index in [-0.39, 0.29) is 17.3 Å². The number of carbonyl (C=O) groups excluding carboxylic acids is 1. The van der Waals surface area contributed by atoms with Crippen LogP contribution in [0.5, 0.6) is 0 Å². The Hall–Kier alpha value is -2.69. The minimum absolute atomic E-state index is 0.0688. The van der Waals surface area contributed by atoms with Crippen LogP contribution in [-0.4, -0.2) is 10.8 Å². The number of fused-ring (bicyclic) bond motifs is 3. The van der Waals surface area contributed by atoms with Crippen molar-refractivity contribution < 1.29 is 9.72 Å². The van der Waals surface area contributed by atoms with E-state index in [9.17, 15) is 14.9 Å². The van der Waals surface area contributed by atoms with Crippen LogP contribution in [0.4, 0.5) is 11.4 Å². The molecule has 0 atom stereocenters. The molecule has 0 spiro atoms. The predicted molar refractivity (Wildman–Crippen MR) is 80.2 cm³/mol. The van der Waals surface area contributed by atoms with Crippen LogP contribution in [0.15, 0.2) is 36.4 Å². The summed E-state index contributed by atoms with van der Waals surface area (Å²) in [6.07, 6.45) is 1.72. The predicted octanol–water partition coefficient (Wildman–Crippen LogP) is 3.32. The zero-order chi connectivity index (χ0) is 15.0. The van der Waals surface area contributed by atoms with Gasteiger partial charge in [0.1, 0.15) is 5.69 Å². The van der Waals surface area contributed by atoms with Gasteiger partial charge in [-0.3, -0.25) is 14.9 Å². The van der Waals surface area contributed by atoms with Crippen LogP contribution in [0.3, 0.4) is 0 Å². The number of hydrogen-bond acceptors (Lipinski definition) is 3. The van der Waals surface area contributed by atoms with Crippen molar-refractivity contribution >= 4 is 17.3 Å². The van der Waals surface area contributed by atoms with Gasteiger partial charge in [-0.25, -0.2) is 0 Å². The average Bonchev–Trinajstić information content (AvgIpc) is 2.45. The number of nitrogens with one attached hydrogen (secondary N) is 1. The fraction of sp³-hybridized carbons (Fsp3) is 0.188. The third-order valence-corrected chi connectivity index (χ3v) is 3.70. The Balaban J connectivity index is 2.20. The van der Waals surface area contributed by atoms with Crippen molar-refractivity contribution in [2.75, 3.05) is 5.32 Å². The molecule has 0 saturated carbocycles. The Kier molecular flexibility index (Phi) is 3.17. The maximum atomic E-state index is 11.3. The van der Waals surface area contributed by atoms with Gasteiger partial charge in [-0.15, -0.1) is 0 Å². The van der Waals surface area contributed by atoms with Crippen LogP contribution in [0, 0.1) is 10.1 Å². The topological polar surface area (TPSA) is 72.2 Å². The Bertz CT molecular complexity index is 753. The van der Waals surface area contributed by atoms with Crippen LogP contribution in [0.25, 0.3) is 11.1 Å². The Morgan fingerprint density at radius 3 is 2.57 bits per heavy atom. The first-order chi connectivity index (χ1) is 10.1. The Labute approximate surface area is 121 Å². The van der Waals surface area contributed by atoms with E-state index in [4.69, 9.17) is 0 Å². The summed E-state index contributed by atoms with van der Waals surface area (Å²) < 4.78 is 0. The first-order valence-electron chi connectivity index (χ1n) is 6.73. The van der Waals surface area contributed by atoms with Gasteiger partial charge in [0.2, 0.25) is 5.91 Å². The van der Waals surface area contributed by atoms with Crippen LogP contribution in [-0.2, 0) is 17.6 Å². The molecular weight excluding hydrogens is 268 g/mol. The normalized spacial score (nSPS) is 12.2. The molecule has 1 aliphatic carbocycles. The van der Waals surface area contributed by atoms with Gasteiger partial charge in [0.05, 0.1) is 4.92 Å². The van der Waals surface area contributed by atoms with Crippen LogP contribution in [0.1, 0.15) is 18.1 Å². The third kappa shape index (κ3) is 2.38. The van der Waals surface area contributed by atoms with Crippen LogP contribution < -0.4 is 5.32 Å². The van der Waals surface area contributed by atoms with Gasteiger partial charge >= 0.3 is 0 Å². The van der Waals surface area contributed by atoms with Crippen LogP contribution >= 0.6 is 0 Å². The summed E-state index contributed by atoms with van der Waals surface area (Å²) in [5.41, 5.74) is 4.36. The van der Waals surface area contributed by atoms with Crippen LogP contribution in [0.2, 0.25) is 0 Å². The zero-order valence-electron chi connectivity index (χ0n) is 11.6. The molecule has 1 amide bonds. The SMILES string of the molecule is CC(=O)Nc1cc2c(cc1[N+](=O)[O-])-c1ccccc1CC2. The molecule has 0 saturated heterocycles. The number of nitro benzene ring substituents is 1. The molecule has 0 fully saturated rings. The number of benzene rings is 2.